The lowest BCUT2D eigenvalue weighted by molar-refractivity contribution is 0.0750. The van der Waals surface area contributed by atoms with Crippen molar-refractivity contribution in [3.05, 3.63) is 78.5 Å². The number of amides is 1. The van der Waals surface area contributed by atoms with Crippen molar-refractivity contribution in [2.75, 3.05) is 13.2 Å². The Bertz CT molecular complexity index is 1490. The number of hydrogen-bond acceptors (Lipinski definition) is 4. The summed E-state index contributed by atoms with van der Waals surface area (Å²) < 4.78 is 8.67. The van der Waals surface area contributed by atoms with Gasteiger partial charge in [0, 0.05) is 41.4 Å². The molecule has 0 unspecified atom stereocenters. The Hall–Kier alpha value is -2.43. The van der Waals surface area contributed by atoms with Crippen molar-refractivity contribution in [2.24, 2.45) is 0 Å². The van der Waals surface area contributed by atoms with Gasteiger partial charge < -0.3 is 14.6 Å². The fraction of sp³-hybridized carbons (Fsp3) is 0.320. The maximum absolute atomic E-state index is 13.5. The lowest BCUT2D eigenvalue weighted by atomic mass is 9.99. The first-order chi connectivity index (χ1) is 16.0. The number of nitrogens with zero attached hydrogens (tertiary/aromatic N) is 3. The molecule has 2 aliphatic rings. The monoisotopic (exact) mass is 590 g/mol. The highest BCUT2D eigenvalue weighted by Crippen LogP contribution is 2.31. The normalized spacial score (nSPS) is 16.1. The van der Waals surface area contributed by atoms with Gasteiger partial charge in [-0.3, -0.25) is 14.0 Å². The van der Waals surface area contributed by atoms with Gasteiger partial charge in [0.15, 0.2) is 0 Å². The Morgan fingerprint density at radius 3 is 2.74 bits per heavy atom. The van der Waals surface area contributed by atoms with Gasteiger partial charge in [-0.25, -0.2) is 4.98 Å². The molecule has 4 heterocycles. The Labute approximate surface area is 216 Å². The smallest absolute Gasteiger partial charge is 0.274 e. The lowest BCUT2D eigenvalue weighted by Gasteiger charge is -2.22. The van der Waals surface area contributed by atoms with Gasteiger partial charge in [-0.15, -0.1) is 12.4 Å². The van der Waals surface area contributed by atoms with E-state index in [0.29, 0.717) is 42.9 Å². The number of hydrogen-bond donors (Lipinski definition) is 1. The van der Waals surface area contributed by atoms with Crippen LogP contribution in [0.4, 0.5) is 0 Å². The van der Waals surface area contributed by atoms with Gasteiger partial charge >= 0.3 is 0 Å². The van der Waals surface area contributed by atoms with Gasteiger partial charge in [0.1, 0.15) is 11.3 Å². The second-order valence-corrected chi connectivity index (χ2v) is 10.1. The molecule has 2 aliphatic heterocycles. The topological polar surface area (TPSA) is 79.7 Å². The maximum Gasteiger partial charge on any atom is 0.274 e. The number of H-pyrrole nitrogens is 1. The molecule has 0 spiro atoms. The Morgan fingerprint density at radius 1 is 1.18 bits per heavy atom. The van der Waals surface area contributed by atoms with E-state index in [9.17, 15) is 9.59 Å². The van der Waals surface area contributed by atoms with Crippen LogP contribution in [-0.4, -0.2) is 38.4 Å². The van der Waals surface area contributed by atoms with Crippen LogP contribution >= 0.6 is 35.0 Å². The van der Waals surface area contributed by atoms with Crippen LogP contribution in [0.2, 0.25) is 0 Å². The van der Waals surface area contributed by atoms with Crippen molar-refractivity contribution in [3.63, 3.8) is 0 Å². The van der Waals surface area contributed by atoms with Crippen LogP contribution < -0.4 is 5.56 Å². The van der Waals surface area contributed by atoms with Crippen LogP contribution in [0.1, 0.15) is 51.6 Å². The predicted molar refractivity (Wildman–Crippen MR) is 141 cm³/mol. The molecule has 0 bridgehead atoms. The number of carbonyl (C=O) groups is 1. The van der Waals surface area contributed by atoms with Crippen molar-refractivity contribution < 1.29 is 9.53 Å². The molecule has 1 amide bonds. The highest BCUT2D eigenvalue weighted by Gasteiger charge is 2.28. The largest absolute Gasteiger partial charge is 0.381 e. The van der Waals surface area contributed by atoms with E-state index in [-0.39, 0.29) is 29.8 Å². The number of ether oxygens (including phenoxy) is 1. The molecule has 2 aromatic carbocycles. The number of nitrogens with one attached hydrogen (secondary N) is 1. The minimum absolute atomic E-state index is 0. The van der Waals surface area contributed by atoms with E-state index < -0.39 is 0 Å². The predicted octanol–water partition coefficient (Wildman–Crippen LogP) is 4.56. The molecule has 0 atom stereocenters. The highest BCUT2D eigenvalue weighted by molar-refractivity contribution is 14.1. The van der Waals surface area contributed by atoms with E-state index in [1.165, 1.54) is 14.7 Å². The zero-order valence-electron chi connectivity index (χ0n) is 18.6. The summed E-state index contributed by atoms with van der Waals surface area (Å²) in [6.45, 7) is 4.58. The summed E-state index contributed by atoms with van der Waals surface area (Å²) in [4.78, 5) is 35.8. The summed E-state index contributed by atoms with van der Waals surface area (Å²) in [7, 11) is 0. The molecule has 0 radical (unpaired) electrons. The fourth-order valence-electron chi connectivity index (χ4n) is 5.11. The first-order valence-corrected chi connectivity index (χ1v) is 12.3. The van der Waals surface area contributed by atoms with Crippen molar-refractivity contribution in [1.82, 2.24) is 19.3 Å². The number of fused-ring (bicyclic) bond motifs is 4. The zero-order valence-corrected chi connectivity index (χ0v) is 21.6. The molecule has 4 aromatic rings. The molecule has 0 saturated carbocycles. The third-order valence-electron chi connectivity index (χ3n) is 6.88. The fourth-order valence-corrected chi connectivity index (χ4v) is 5.84. The number of carbonyl (C=O) groups excluding carboxylic acids is 1. The van der Waals surface area contributed by atoms with Gasteiger partial charge in [0.25, 0.3) is 11.5 Å². The number of rotatable bonds is 2. The average molecular weight is 591 g/mol. The minimum atomic E-state index is -0.196. The van der Waals surface area contributed by atoms with Crippen LogP contribution in [0.3, 0.4) is 0 Å². The van der Waals surface area contributed by atoms with Gasteiger partial charge in [0.2, 0.25) is 0 Å². The van der Waals surface area contributed by atoms with Crippen LogP contribution in [0.25, 0.3) is 16.6 Å². The van der Waals surface area contributed by atoms with Crippen molar-refractivity contribution in [2.45, 2.75) is 38.8 Å². The van der Waals surface area contributed by atoms with Crippen LogP contribution in [0, 0.1) is 10.5 Å². The second kappa shape index (κ2) is 8.98. The SMILES string of the molecule is Cc1cc2c(cc1C(=O)N1Cc3cccc(I)c3C1)[nH]c(=O)c1cnc(C3CCOCC3)n12.Cl. The Kier molecular flexibility index (Phi) is 6.16. The summed E-state index contributed by atoms with van der Waals surface area (Å²) in [5, 5.41) is 0. The Balaban J connectivity index is 0.00000241. The summed E-state index contributed by atoms with van der Waals surface area (Å²) in [5.74, 6) is 1.13. The molecule has 1 saturated heterocycles. The summed E-state index contributed by atoms with van der Waals surface area (Å²) in [6.07, 6.45) is 3.43. The standard InChI is InChI=1S/C25H23IN4O3.ClH/c1-14-9-21-20(10-17(14)25(32)29-12-16-3-2-4-19(26)18(16)13-29)28-24(31)22-11-27-23(30(21)22)15-5-7-33-8-6-15;/h2-4,9-11,15H,5-8,12-13H2,1H3,(H,28,31);1H. The molecule has 9 heteroatoms. The number of aryl methyl sites for hydroxylation is 1. The quantitative estimate of drug-likeness (QED) is 0.347. The lowest BCUT2D eigenvalue weighted by Crippen LogP contribution is -2.26. The molecule has 34 heavy (non-hydrogen) atoms. The van der Waals surface area contributed by atoms with Crippen LogP contribution in [0.15, 0.2) is 41.3 Å². The van der Waals surface area contributed by atoms with E-state index in [2.05, 4.69) is 44.7 Å². The third-order valence-corrected chi connectivity index (χ3v) is 7.89. The van der Waals surface area contributed by atoms with E-state index in [0.717, 1.165) is 29.7 Å². The molecule has 176 valence electrons. The third kappa shape index (κ3) is 3.72. The van der Waals surface area contributed by atoms with Crippen LogP contribution in [0.5, 0.6) is 0 Å². The number of benzene rings is 2. The maximum atomic E-state index is 13.5. The van der Waals surface area contributed by atoms with Gasteiger partial charge in [-0.2, -0.15) is 0 Å². The van der Waals surface area contributed by atoms with E-state index in [4.69, 9.17) is 4.74 Å². The number of aromatic nitrogens is 3. The average Bonchev–Trinajstić information content (AvgIpc) is 3.46. The summed E-state index contributed by atoms with van der Waals surface area (Å²) >= 11 is 2.33. The van der Waals surface area contributed by atoms with Crippen LogP contribution in [-0.2, 0) is 17.8 Å². The summed E-state index contributed by atoms with van der Waals surface area (Å²) in [6, 6.07) is 10.0. The molecular formula is C25H24ClIN4O3. The molecule has 6 rings (SSSR count). The summed E-state index contributed by atoms with van der Waals surface area (Å²) in [5.41, 5.74) is 5.79. The van der Waals surface area contributed by atoms with Crippen molar-refractivity contribution in [1.29, 1.82) is 0 Å². The van der Waals surface area contributed by atoms with Crippen molar-refractivity contribution in [3.8, 4) is 0 Å². The minimum Gasteiger partial charge on any atom is -0.381 e. The van der Waals surface area contributed by atoms with Gasteiger partial charge in [-0.05, 0) is 77.2 Å². The zero-order chi connectivity index (χ0) is 22.7. The number of halogens is 2. The van der Waals surface area contributed by atoms with E-state index in [1.54, 1.807) is 6.20 Å². The molecule has 1 fully saturated rings. The van der Waals surface area contributed by atoms with Crippen molar-refractivity contribution >= 4 is 57.5 Å². The molecule has 1 N–H and O–H groups in total. The molecule has 2 aromatic heterocycles. The Morgan fingerprint density at radius 2 is 1.97 bits per heavy atom. The molecular weight excluding hydrogens is 567 g/mol. The number of aromatic amines is 1. The van der Waals surface area contributed by atoms with Gasteiger partial charge in [-0.1, -0.05) is 12.1 Å². The van der Waals surface area contributed by atoms with E-state index >= 15 is 0 Å². The molecule has 7 nitrogen and oxygen atoms in total. The molecule has 0 aliphatic carbocycles. The highest BCUT2D eigenvalue weighted by atomic mass is 127. The second-order valence-electron chi connectivity index (χ2n) is 8.90. The number of imidazole rings is 1. The van der Waals surface area contributed by atoms with Gasteiger partial charge in [0.05, 0.1) is 17.2 Å². The van der Waals surface area contributed by atoms with E-state index in [1.807, 2.05) is 34.4 Å². The first-order valence-electron chi connectivity index (χ1n) is 11.2. The first kappa shape index (κ1) is 23.3.